The molecule has 2 heteroatoms. The van der Waals surface area contributed by atoms with E-state index in [1.165, 1.54) is 27.7 Å². The average molecular weight is 216 g/mol. The van der Waals surface area contributed by atoms with Crippen LogP contribution in [-0.2, 0) is 13.5 Å². The minimum atomic E-state index is 0.764. The molecule has 0 saturated heterocycles. The highest BCUT2D eigenvalue weighted by molar-refractivity contribution is 5.85. The first kappa shape index (κ1) is 11.2. The van der Waals surface area contributed by atoms with Crippen LogP contribution in [-0.4, -0.2) is 11.1 Å². The molecule has 1 aromatic heterocycles. The molecule has 0 amide bonds. The van der Waals surface area contributed by atoms with Crippen LogP contribution in [0.4, 0.5) is 0 Å². The first-order valence-corrected chi connectivity index (χ1v) is 5.89. The van der Waals surface area contributed by atoms with Gasteiger partial charge in [-0.15, -0.1) is 0 Å². The Morgan fingerprint density at radius 1 is 1.25 bits per heavy atom. The van der Waals surface area contributed by atoms with Crippen LogP contribution in [0.2, 0.25) is 0 Å². The van der Waals surface area contributed by atoms with E-state index >= 15 is 0 Å². The average Bonchev–Trinajstić information content (AvgIpc) is 2.50. The second-order valence-corrected chi connectivity index (χ2v) is 4.54. The minimum absolute atomic E-state index is 0.764. The maximum absolute atomic E-state index is 5.59. The lowest BCUT2D eigenvalue weighted by Gasteiger charge is -2.04. The largest absolute Gasteiger partial charge is 0.347 e. The third-order valence-corrected chi connectivity index (χ3v) is 3.37. The molecule has 1 heterocycles. The molecule has 16 heavy (non-hydrogen) atoms. The zero-order valence-electron chi connectivity index (χ0n) is 10.4. The van der Waals surface area contributed by atoms with Gasteiger partial charge >= 0.3 is 0 Å². The molecule has 0 aliphatic rings. The van der Waals surface area contributed by atoms with Gasteiger partial charge in [-0.2, -0.15) is 0 Å². The molecule has 86 valence electrons. The molecule has 0 aliphatic heterocycles. The van der Waals surface area contributed by atoms with E-state index < -0.39 is 0 Å². The van der Waals surface area contributed by atoms with Crippen LogP contribution in [0.25, 0.3) is 10.9 Å². The van der Waals surface area contributed by atoms with Crippen LogP contribution in [0.1, 0.15) is 23.2 Å². The Balaban J connectivity index is 2.57. The molecule has 2 nitrogen and oxygen atoms in total. The van der Waals surface area contributed by atoms with Gasteiger partial charge < -0.3 is 10.3 Å². The van der Waals surface area contributed by atoms with E-state index in [9.17, 15) is 0 Å². The third-order valence-electron chi connectivity index (χ3n) is 3.37. The van der Waals surface area contributed by atoms with E-state index in [2.05, 4.69) is 43.7 Å². The summed E-state index contributed by atoms with van der Waals surface area (Å²) >= 11 is 0. The normalized spacial score (nSPS) is 11.2. The maximum atomic E-state index is 5.59. The van der Waals surface area contributed by atoms with E-state index in [-0.39, 0.29) is 0 Å². The summed E-state index contributed by atoms with van der Waals surface area (Å²) in [6.45, 7) is 5.12. The zero-order valence-corrected chi connectivity index (χ0v) is 10.4. The Bertz CT molecular complexity index is 509. The van der Waals surface area contributed by atoms with Crippen molar-refractivity contribution in [3.05, 3.63) is 35.0 Å². The van der Waals surface area contributed by atoms with Crippen LogP contribution >= 0.6 is 0 Å². The summed E-state index contributed by atoms with van der Waals surface area (Å²) in [6.07, 6.45) is 2.14. The second-order valence-electron chi connectivity index (χ2n) is 4.54. The van der Waals surface area contributed by atoms with E-state index in [0.717, 1.165) is 19.4 Å². The SMILES string of the molecule is Cc1ccc2c(C)c(CCCN)n(C)c2c1. The van der Waals surface area contributed by atoms with E-state index in [0.29, 0.717) is 0 Å². The van der Waals surface area contributed by atoms with Crippen molar-refractivity contribution < 1.29 is 0 Å². The number of nitrogens with two attached hydrogens (primary N) is 1. The highest BCUT2D eigenvalue weighted by atomic mass is 14.9. The number of benzene rings is 1. The fourth-order valence-corrected chi connectivity index (χ4v) is 2.41. The molecule has 2 aromatic rings. The van der Waals surface area contributed by atoms with Gasteiger partial charge in [0.15, 0.2) is 0 Å². The van der Waals surface area contributed by atoms with Crippen LogP contribution in [0.15, 0.2) is 18.2 Å². The van der Waals surface area contributed by atoms with Gasteiger partial charge in [-0.05, 0) is 50.4 Å². The summed E-state index contributed by atoms with van der Waals surface area (Å²) in [5.41, 5.74) is 11.1. The van der Waals surface area contributed by atoms with Crippen LogP contribution in [0, 0.1) is 13.8 Å². The summed E-state index contributed by atoms with van der Waals surface area (Å²) in [4.78, 5) is 0. The number of hydrogen-bond donors (Lipinski definition) is 1. The molecule has 2 rings (SSSR count). The van der Waals surface area contributed by atoms with Crippen molar-refractivity contribution in [1.82, 2.24) is 4.57 Å². The van der Waals surface area contributed by atoms with Crippen LogP contribution < -0.4 is 5.73 Å². The molecule has 0 radical (unpaired) electrons. The Morgan fingerprint density at radius 3 is 2.69 bits per heavy atom. The van der Waals surface area contributed by atoms with E-state index in [1.54, 1.807) is 0 Å². The number of hydrogen-bond acceptors (Lipinski definition) is 1. The summed E-state index contributed by atoms with van der Waals surface area (Å²) in [5, 5.41) is 1.38. The predicted octanol–water partition coefficient (Wildman–Crippen LogP) is 2.69. The molecule has 0 spiro atoms. The van der Waals surface area contributed by atoms with Gasteiger partial charge in [-0.1, -0.05) is 12.1 Å². The van der Waals surface area contributed by atoms with Crippen molar-refractivity contribution in [1.29, 1.82) is 0 Å². The minimum Gasteiger partial charge on any atom is -0.347 e. The summed E-state index contributed by atoms with van der Waals surface area (Å²) in [6, 6.07) is 6.67. The van der Waals surface area contributed by atoms with E-state index in [4.69, 9.17) is 5.73 Å². The number of aryl methyl sites for hydroxylation is 3. The summed E-state index contributed by atoms with van der Waals surface area (Å²) in [7, 11) is 2.15. The molecule has 1 aromatic carbocycles. The Morgan fingerprint density at radius 2 is 2.00 bits per heavy atom. The lowest BCUT2D eigenvalue weighted by atomic mass is 10.1. The summed E-state index contributed by atoms with van der Waals surface area (Å²) < 4.78 is 2.31. The monoisotopic (exact) mass is 216 g/mol. The van der Waals surface area contributed by atoms with Gasteiger partial charge in [0.2, 0.25) is 0 Å². The van der Waals surface area contributed by atoms with Crippen LogP contribution in [0.3, 0.4) is 0 Å². The van der Waals surface area contributed by atoms with Gasteiger partial charge in [0.1, 0.15) is 0 Å². The molecule has 0 aliphatic carbocycles. The lowest BCUT2D eigenvalue weighted by Crippen LogP contribution is -2.04. The molecule has 0 fully saturated rings. The van der Waals surface area contributed by atoms with Crippen molar-refractivity contribution in [2.75, 3.05) is 6.54 Å². The van der Waals surface area contributed by atoms with Gasteiger partial charge in [0, 0.05) is 23.6 Å². The van der Waals surface area contributed by atoms with Crippen LogP contribution in [0.5, 0.6) is 0 Å². The quantitative estimate of drug-likeness (QED) is 0.840. The highest BCUT2D eigenvalue weighted by Gasteiger charge is 2.10. The Hall–Kier alpha value is -1.28. The number of rotatable bonds is 3. The maximum Gasteiger partial charge on any atom is 0.0485 e. The van der Waals surface area contributed by atoms with Crippen molar-refractivity contribution in [3.8, 4) is 0 Å². The van der Waals surface area contributed by atoms with Crippen molar-refractivity contribution in [2.45, 2.75) is 26.7 Å². The number of aromatic nitrogens is 1. The molecule has 0 unspecified atom stereocenters. The molecule has 0 bridgehead atoms. The standard InChI is InChI=1S/C14H20N2/c1-10-6-7-12-11(2)13(5-4-8-15)16(3)14(12)9-10/h6-7,9H,4-5,8,15H2,1-3H3. The second kappa shape index (κ2) is 4.30. The van der Waals surface area contributed by atoms with Gasteiger partial charge in [0.25, 0.3) is 0 Å². The molecular weight excluding hydrogens is 196 g/mol. The van der Waals surface area contributed by atoms with Crippen molar-refractivity contribution in [3.63, 3.8) is 0 Å². The number of nitrogens with zero attached hydrogens (tertiary/aromatic N) is 1. The topological polar surface area (TPSA) is 30.9 Å². The summed E-state index contributed by atoms with van der Waals surface area (Å²) in [5.74, 6) is 0. The van der Waals surface area contributed by atoms with Gasteiger partial charge in [0.05, 0.1) is 0 Å². The van der Waals surface area contributed by atoms with Gasteiger partial charge in [-0.3, -0.25) is 0 Å². The lowest BCUT2D eigenvalue weighted by molar-refractivity contribution is 0.760. The van der Waals surface area contributed by atoms with Crippen molar-refractivity contribution in [2.24, 2.45) is 12.8 Å². The first-order valence-electron chi connectivity index (χ1n) is 5.89. The number of fused-ring (bicyclic) bond motifs is 1. The smallest absolute Gasteiger partial charge is 0.0485 e. The fourth-order valence-electron chi connectivity index (χ4n) is 2.41. The Kier molecular flexibility index (Phi) is 3.01. The predicted molar refractivity (Wildman–Crippen MR) is 69.8 cm³/mol. The zero-order chi connectivity index (χ0) is 11.7. The van der Waals surface area contributed by atoms with E-state index in [1.807, 2.05) is 0 Å². The molecular formula is C14H20N2. The molecule has 2 N–H and O–H groups in total. The molecule has 0 atom stereocenters. The fraction of sp³-hybridized carbons (Fsp3) is 0.429. The van der Waals surface area contributed by atoms with Crippen molar-refractivity contribution >= 4 is 10.9 Å². The highest BCUT2D eigenvalue weighted by Crippen LogP contribution is 2.26. The molecule has 0 saturated carbocycles. The third kappa shape index (κ3) is 1.74. The van der Waals surface area contributed by atoms with Gasteiger partial charge in [-0.25, -0.2) is 0 Å². The first-order chi connectivity index (χ1) is 7.65. The Labute approximate surface area is 97.1 Å².